The van der Waals surface area contributed by atoms with Gasteiger partial charge in [0, 0.05) is 12.7 Å². The lowest BCUT2D eigenvalue weighted by Gasteiger charge is -2.19. The first-order chi connectivity index (χ1) is 13.7. The molecule has 0 unspecified atom stereocenters. The third-order valence-electron chi connectivity index (χ3n) is 4.54. The van der Waals surface area contributed by atoms with E-state index in [1.807, 2.05) is 39.0 Å². The molecule has 0 aliphatic carbocycles. The summed E-state index contributed by atoms with van der Waals surface area (Å²) >= 11 is 6.11. The van der Waals surface area contributed by atoms with E-state index in [-0.39, 0.29) is 16.5 Å². The lowest BCUT2D eigenvalue weighted by molar-refractivity contribution is -0.116. The fraction of sp³-hybridized carbons (Fsp3) is 0.381. The summed E-state index contributed by atoms with van der Waals surface area (Å²) < 4.78 is 32.0. The molecular weight excluding hydrogens is 412 g/mol. The van der Waals surface area contributed by atoms with Crippen molar-refractivity contribution in [2.24, 2.45) is 0 Å². The molecule has 0 radical (unpaired) electrons. The van der Waals surface area contributed by atoms with E-state index in [0.717, 1.165) is 34.0 Å². The molecule has 0 spiro atoms. The van der Waals surface area contributed by atoms with Crippen molar-refractivity contribution < 1.29 is 17.9 Å². The second kappa shape index (κ2) is 10.1. The van der Waals surface area contributed by atoms with Crippen molar-refractivity contribution in [1.29, 1.82) is 0 Å². The highest BCUT2D eigenvalue weighted by Gasteiger charge is 2.24. The van der Waals surface area contributed by atoms with Crippen LogP contribution in [0.15, 0.2) is 41.3 Å². The summed E-state index contributed by atoms with van der Waals surface area (Å²) in [5.41, 5.74) is 2.79. The molecule has 0 saturated carbocycles. The molecule has 0 heterocycles. The first-order valence-corrected chi connectivity index (χ1v) is 11.4. The van der Waals surface area contributed by atoms with Crippen molar-refractivity contribution in [3.8, 4) is 5.75 Å². The summed E-state index contributed by atoms with van der Waals surface area (Å²) in [4.78, 5) is 12.6. The molecule has 158 valence electrons. The number of para-hydroxylation sites is 1. The number of nitrogens with zero attached hydrogens (tertiary/aromatic N) is 1. The fourth-order valence-electron chi connectivity index (χ4n) is 2.96. The number of aryl methyl sites for hydroxylation is 2. The van der Waals surface area contributed by atoms with Gasteiger partial charge in [-0.05, 0) is 49.1 Å². The number of nitrogens with one attached hydrogen (secondary N) is 1. The molecule has 0 aliphatic heterocycles. The number of rotatable bonds is 9. The standard InChI is InChI=1S/C21H27ClN2O4S/c1-5-15-9-8-10-16(6-2)21(15)23-20(25)14-24(4)29(26,27)17-11-12-19(28-7-3)18(22)13-17/h8-13H,5-7,14H2,1-4H3,(H,23,25). The van der Waals surface area contributed by atoms with E-state index in [2.05, 4.69) is 5.32 Å². The van der Waals surface area contributed by atoms with Crippen LogP contribution >= 0.6 is 11.6 Å². The van der Waals surface area contributed by atoms with Crippen LogP contribution in [0.2, 0.25) is 5.02 Å². The summed E-state index contributed by atoms with van der Waals surface area (Å²) in [6, 6.07) is 10.1. The van der Waals surface area contributed by atoms with Crippen molar-refractivity contribution >= 4 is 33.2 Å². The Hall–Kier alpha value is -2.09. The number of hydrogen-bond acceptors (Lipinski definition) is 4. The number of likely N-dealkylation sites (N-methyl/N-ethyl adjacent to an activating group) is 1. The van der Waals surface area contributed by atoms with Gasteiger partial charge in [-0.15, -0.1) is 0 Å². The van der Waals surface area contributed by atoms with Crippen LogP contribution in [0.5, 0.6) is 5.75 Å². The highest BCUT2D eigenvalue weighted by atomic mass is 35.5. The van der Waals surface area contributed by atoms with E-state index in [4.69, 9.17) is 16.3 Å². The lowest BCUT2D eigenvalue weighted by atomic mass is 10.0. The van der Waals surface area contributed by atoms with Crippen LogP contribution in [0, 0.1) is 0 Å². The van der Waals surface area contributed by atoms with Crippen molar-refractivity contribution in [2.45, 2.75) is 38.5 Å². The number of amides is 1. The molecule has 1 N–H and O–H groups in total. The number of anilines is 1. The van der Waals surface area contributed by atoms with E-state index in [1.165, 1.54) is 25.2 Å². The van der Waals surface area contributed by atoms with Gasteiger partial charge in [-0.2, -0.15) is 4.31 Å². The van der Waals surface area contributed by atoms with E-state index >= 15 is 0 Å². The van der Waals surface area contributed by atoms with Gasteiger partial charge < -0.3 is 10.1 Å². The van der Waals surface area contributed by atoms with Gasteiger partial charge in [-0.3, -0.25) is 4.79 Å². The molecular formula is C21H27ClN2O4S. The summed E-state index contributed by atoms with van der Waals surface area (Å²) in [5, 5.41) is 3.09. The van der Waals surface area contributed by atoms with Crippen LogP contribution < -0.4 is 10.1 Å². The number of hydrogen-bond donors (Lipinski definition) is 1. The van der Waals surface area contributed by atoms with Crippen LogP contribution in [0.1, 0.15) is 31.9 Å². The third-order valence-corrected chi connectivity index (χ3v) is 6.64. The van der Waals surface area contributed by atoms with Crippen molar-refractivity contribution in [1.82, 2.24) is 4.31 Å². The zero-order valence-electron chi connectivity index (χ0n) is 17.2. The summed E-state index contributed by atoms with van der Waals surface area (Å²) in [5.74, 6) is 0.0143. The van der Waals surface area contributed by atoms with Gasteiger partial charge >= 0.3 is 0 Å². The number of halogens is 1. The Bertz CT molecular complexity index is 954. The molecule has 0 aromatic heterocycles. The van der Waals surface area contributed by atoms with Crippen LogP contribution in [0.25, 0.3) is 0 Å². The molecule has 2 aromatic carbocycles. The highest BCUT2D eigenvalue weighted by Crippen LogP contribution is 2.28. The van der Waals surface area contributed by atoms with Crippen molar-refractivity contribution in [2.75, 3.05) is 25.5 Å². The average Bonchev–Trinajstić information content (AvgIpc) is 2.69. The molecule has 2 aromatic rings. The Labute approximate surface area is 177 Å². The summed E-state index contributed by atoms with van der Waals surface area (Å²) in [7, 11) is -2.51. The quantitative estimate of drug-likeness (QED) is 0.638. The Morgan fingerprint density at radius 2 is 1.72 bits per heavy atom. The van der Waals surface area contributed by atoms with Crippen molar-refractivity contribution in [3.63, 3.8) is 0 Å². The first-order valence-electron chi connectivity index (χ1n) is 9.53. The predicted octanol–water partition coefficient (Wildman–Crippen LogP) is 4.12. The van der Waals surface area contributed by atoms with Crippen LogP contribution in [0.3, 0.4) is 0 Å². The SMILES string of the molecule is CCOc1ccc(S(=O)(=O)N(C)CC(=O)Nc2c(CC)cccc2CC)cc1Cl. The van der Waals surface area contributed by atoms with Gasteiger partial charge in [-0.25, -0.2) is 8.42 Å². The third kappa shape index (κ3) is 5.50. The zero-order chi connectivity index (χ0) is 21.6. The summed E-state index contributed by atoms with van der Waals surface area (Å²) in [6.45, 7) is 5.95. The molecule has 0 bridgehead atoms. The van der Waals surface area contributed by atoms with Gasteiger partial charge in [0.25, 0.3) is 0 Å². The second-order valence-corrected chi connectivity index (χ2v) is 8.94. The van der Waals surface area contributed by atoms with Crippen LogP contribution in [-0.4, -0.2) is 38.8 Å². The predicted molar refractivity (Wildman–Crippen MR) is 116 cm³/mol. The number of ether oxygens (including phenoxy) is 1. The lowest BCUT2D eigenvalue weighted by Crippen LogP contribution is -2.35. The Morgan fingerprint density at radius 3 is 2.24 bits per heavy atom. The Balaban J connectivity index is 2.18. The minimum absolute atomic E-state index is 0.00413. The maximum atomic E-state index is 12.8. The molecule has 29 heavy (non-hydrogen) atoms. The number of carbonyl (C=O) groups excluding carboxylic acids is 1. The molecule has 6 nitrogen and oxygen atoms in total. The molecule has 0 saturated heterocycles. The first kappa shape index (κ1) is 23.2. The molecule has 0 aliphatic rings. The Morgan fingerprint density at radius 1 is 1.10 bits per heavy atom. The minimum Gasteiger partial charge on any atom is -0.492 e. The second-order valence-electron chi connectivity index (χ2n) is 6.49. The molecule has 0 fully saturated rings. The van der Waals surface area contributed by atoms with Gasteiger partial charge in [0.1, 0.15) is 5.75 Å². The van der Waals surface area contributed by atoms with Gasteiger partial charge in [-0.1, -0.05) is 43.6 Å². The number of benzene rings is 2. The van der Waals surface area contributed by atoms with Gasteiger partial charge in [0.15, 0.2) is 0 Å². The normalized spacial score (nSPS) is 11.5. The van der Waals surface area contributed by atoms with Crippen LogP contribution in [-0.2, 0) is 27.7 Å². The average molecular weight is 439 g/mol. The largest absolute Gasteiger partial charge is 0.492 e. The van der Waals surface area contributed by atoms with E-state index < -0.39 is 15.9 Å². The van der Waals surface area contributed by atoms with E-state index in [9.17, 15) is 13.2 Å². The molecule has 0 atom stereocenters. The number of carbonyl (C=O) groups is 1. The van der Waals surface area contributed by atoms with Gasteiger partial charge in [0.2, 0.25) is 15.9 Å². The van der Waals surface area contributed by atoms with Crippen LogP contribution in [0.4, 0.5) is 5.69 Å². The fourth-order valence-corrected chi connectivity index (χ4v) is 4.42. The topological polar surface area (TPSA) is 75.7 Å². The zero-order valence-corrected chi connectivity index (χ0v) is 18.7. The van der Waals surface area contributed by atoms with E-state index in [1.54, 1.807) is 0 Å². The van der Waals surface area contributed by atoms with E-state index in [0.29, 0.717) is 12.4 Å². The van der Waals surface area contributed by atoms with Crippen molar-refractivity contribution in [3.05, 3.63) is 52.5 Å². The van der Waals surface area contributed by atoms with Gasteiger partial charge in [0.05, 0.1) is 23.1 Å². The molecule has 1 amide bonds. The number of sulfonamides is 1. The monoisotopic (exact) mass is 438 g/mol. The highest BCUT2D eigenvalue weighted by molar-refractivity contribution is 7.89. The summed E-state index contributed by atoms with van der Waals surface area (Å²) in [6.07, 6.45) is 1.53. The molecule has 8 heteroatoms. The smallest absolute Gasteiger partial charge is 0.243 e. The molecule has 2 rings (SSSR count). The maximum absolute atomic E-state index is 12.8. The Kier molecular flexibility index (Phi) is 8.07. The maximum Gasteiger partial charge on any atom is 0.243 e. The minimum atomic E-state index is -3.88.